The molecule has 404 valence electrons. The van der Waals surface area contributed by atoms with Gasteiger partial charge in [-0.1, -0.05) is 138 Å². The quantitative estimate of drug-likeness (QED) is 0.0660. The third kappa shape index (κ3) is 17.3. The third-order valence-corrected chi connectivity index (χ3v) is 16.1. The minimum absolute atomic E-state index is 0.00503. The second kappa shape index (κ2) is 30.6. The molecule has 0 aromatic heterocycles. The predicted octanol–water partition coefficient (Wildman–Crippen LogP) is 16.0. The summed E-state index contributed by atoms with van der Waals surface area (Å²) in [5.41, 5.74) is 10.6. The minimum Gasteiger partial charge on any atom is -0.508 e. The van der Waals surface area contributed by atoms with E-state index in [2.05, 4.69) is 131 Å². The number of methoxy groups -OCH3 is 2. The molecule has 0 saturated carbocycles. The van der Waals surface area contributed by atoms with Crippen molar-refractivity contribution in [2.75, 3.05) is 14.2 Å². The van der Waals surface area contributed by atoms with E-state index in [1.807, 2.05) is 60.7 Å². The normalized spacial score (nSPS) is 16.0. The highest BCUT2D eigenvalue weighted by atomic mass is 79.9. The molecule has 78 heavy (non-hydrogen) atoms. The van der Waals surface area contributed by atoms with Crippen LogP contribution in [0.1, 0.15) is 145 Å². The highest BCUT2D eigenvalue weighted by molar-refractivity contribution is 9.11. The maximum absolute atomic E-state index is 11.6. The zero-order valence-corrected chi connectivity index (χ0v) is 49.7. The van der Waals surface area contributed by atoms with Gasteiger partial charge >= 0.3 is 17.9 Å². The molecule has 0 fully saturated rings. The van der Waals surface area contributed by atoms with Gasteiger partial charge in [0.15, 0.2) is 0 Å². The van der Waals surface area contributed by atoms with Crippen LogP contribution in [0.2, 0.25) is 0 Å². The Morgan fingerprint density at radius 1 is 0.526 bits per heavy atom. The van der Waals surface area contributed by atoms with Gasteiger partial charge in [0.25, 0.3) is 0 Å². The Balaban J connectivity index is 0.000000176. The summed E-state index contributed by atoms with van der Waals surface area (Å²) in [7, 11) is 2.75. The number of esters is 2. The number of hydrogen-bond donors (Lipinski definition) is 2. The van der Waals surface area contributed by atoms with E-state index in [-0.39, 0.29) is 72.3 Å². The fourth-order valence-electron chi connectivity index (χ4n) is 9.49. The first-order chi connectivity index (χ1) is 37.7. The van der Waals surface area contributed by atoms with Crippen molar-refractivity contribution >= 4 is 77.3 Å². The number of benzene rings is 6. The lowest BCUT2D eigenvalue weighted by atomic mass is 9.96. The van der Waals surface area contributed by atoms with Crippen molar-refractivity contribution in [2.45, 2.75) is 114 Å². The summed E-state index contributed by atoms with van der Waals surface area (Å²) in [5.74, 6) is 17.3. The van der Waals surface area contributed by atoms with Gasteiger partial charge in [0, 0.05) is 13.4 Å². The molecule has 3 unspecified atom stereocenters. The van der Waals surface area contributed by atoms with E-state index in [1.165, 1.54) is 52.1 Å². The fraction of sp³-hybridized carbons (Fsp3) is 0.308. The first kappa shape index (κ1) is 60.8. The summed E-state index contributed by atoms with van der Waals surface area (Å²) < 4.78 is 25.2. The molecule has 0 radical (unpaired) electrons. The van der Waals surface area contributed by atoms with Gasteiger partial charge < -0.3 is 29.2 Å². The third-order valence-electron chi connectivity index (χ3n) is 13.4. The van der Waals surface area contributed by atoms with Gasteiger partial charge in [-0.3, -0.25) is 14.4 Å². The molecule has 13 heteroatoms. The highest BCUT2D eigenvalue weighted by Crippen LogP contribution is 2.41. The van der Waals surface area contributed by atoms with Gasteiger partial charge in [-0.2, -0.15) is 0 Å². The standard InChI is InChI=1S/C22H21BrO3.C21H19BrO3.C13H14O3.C9H8BrCl/c1-3-5-16(14-22(24)25-2)15-8-10-17(11-9-15)26-21-13-12-18-19(21)6-4-7-20(18)23;1-2-4-15(13-21(23)24)14-7-9-16(10-8-14)25-20-12-11-17-18(20)5-3-6-19(17)22;1-3-4-11(9-13(15)16-2)10-5-7-12(14)8-6-10;10-8-3-1-2-7-6(8)4-5-9(7)11/h4,6-11,16,21H,12-14H2,1-2H3;3,5-10,15,20H,11-13H2,1H3,(H,23,24);5-8,11,14H,9H2,1-2H3;1-3,9H,4-5H2/t16-,21?;15-,20?;11-;/m000./s1. The van der Waals surface area contributed by atoms with Crippen molar-refractivity contribution in [3.8, 4) is 52.8 Å². The molecule has 6 aromatic rings. The van der Waals surface area contributed by atoms with Crippen LogP contribution in [0.5, 0.6) is 17.2 Å². The summed E-state index contributed by atoms with van der Waals surface area (Å²) in [5, 5.41) is 18.4. The number of fused-ring (bicyclic) bond motifs is 3. The maximum atomic E-state index is 11.6. The molecule has 9 nitrogen and oxygen atoms in total. The number of rotatable bonds is 13. The van der Waals surface area contributed by atoms with Gasteiger partial charge in [-0.25, -0.2) is 0 Å². The summed E-state index contributed by atoms with van der Waals surface area (Å²) in [6.45, 7) is 5.23. The van der Waals surface area contributed by atoms with Crippen LogP contribution in [-0.4, -0.2) is 42.3 Å². The Bertz CT molecular complexity index is 3200. The molecule has 0 saturated heterocycles. The lowest BCUT2D eigenvalue weighted by Gasteiger charge is -2.16. The average molecular weight is 1260 g/mol. The predicted molar refractivity (Wildman–Crippen MR) is 318 cm³/mol. The largest absolute Gasteiger partial charge is 0.508 e. The second-order valence-corrected chi connectivity index (χ2v) is 21.5. The number of carboxylic acid groups (broad SMARTS) is 1. The van der Waals surface area contributed by atoms with Crippen molar-refractivity contribution in [3.63, 3.8) is 0 Å². The van der Waals surface area contributed by atoms with Crippen LogP contribution >= 0.6 is 59.4 Å². The molecule has 2 N–H and O–H groups in total. The Hall–Kier alpha value is -6.46. The Morgan fingerprint density at radius 3 is 1.23 bits per heavy atom. The highest BCUT2D eigenvalue weighted by Gasteiger charge is 2.28. The Morgan fingerprint density at radius 2 is 0.872 bits per heavy atom. The molecule has 0 amide bonds. The van der Waals surface area contributed by atoms with Crippen LogP contribution in [0.25, 0.3) is 0 Å². The Labute approximate surface area is 489 Å². The number of halogens is 4. The second-order valence-electron chi connectivity index (χ2n) is 18.4. The molecule has 0 bridgehead atoms. The number of hydrogen-bond acceptors (Lipinski definition) is 8. The lowest BCUT2D eigenvalue weighted by molar-refractivity contribution is -0.141. The van der Waals surface area contributed by atoms with Gasteiger partial charge in [0.05, 0.1) is 56.6 Å². The van der Waals surface area contributed by atoms with Crippen molar-refractivity contribution in [1.82, 2.24) is 0 Å². The molecule has 9 rings (SSSR count). The van der Waals surface area contributed by atoms with Crippen LogP contribution in [0, 0.1) is 35.5 Å². The first-order valence-electron chi connectivity index (χ1n) is 25.6. The molecule has 0 spiro atoms. The number of phenolic OH excluding ortho intramolecular Hbond substituents is 1. The number of aromatic hydroxyl groups is 1. The Kier molecular flexibility index (Phi) is 23.9. The van der Waals surface area contributed by atoms with Crippen LogP contribution < -0.4 is 9.47 Å². The van der Waals surface area contributed by atoms with Crippen LogP contribution in [0.4, 0.5) is 0 Å². The molecule has 0 aliphatic heterocycles. The van der Waals surface area contributed by atoms with E-state index < -0.39 is 5.97 Å². The van der Waals surface area contributed by atoms with E-state index in [4.69, 9.17) is 36.0 Å². The van der Waals surface area contributed by atoms with Crippen LogP contribution in [-0.2, 0) is 43.1 Å². The molecule has 6 atom stereocenters. The molecule has 6 aromatic carbocycles. The van der Waals surface area contributed by atoms with Crippen molar-refractivity contribution in [2.24, 2.45) is 0 Å². The maximum Gasteiger partial charge on any atom is 0.307 e. The topological polar surface area (TPSA) is 129 Å². The van der Waals surface area contributed by atoms with Gasteiger partial charge in [0.1, 0.15) is 29.5 Å². The molecule has 0 heterocycles. The number of carbonyl (C=O) groups excluding carboxylic acids is 2. The zero-order chi connectivity index (χ0) is 56.1. The first-order valence-corrected chi connectivity index (χ1v) is 28.4. The number of carbonyl (C=O) groups is 3. The summed E-state index contributed by atoms with van der Waals surface area (Å²) >= 11 is 16.8. The van der Waals surface area contributed by atoms with Crippen LogP contribution in [0.15, 0.2) is 141 Å². The van der Waals surface area contributed by atoms with Crippen molar-refractivity contribution in [1.29, 1.82) is 0 Å². The molecule has 3 aliphatic rings. The lowest BCUT2D eigenvalue weighted by Crippen LogP contribution is -2.08. The van der Waals surface area contributed by atoms with Crippen LogP contribution in [0.3, 0.4) is 0 Å². The van der Waals surface area contributed by atoms with Gasteiger partial charge in [-0.15, -0.1) is 29.4 Å². The number of aliphatic carboxylic acids is 1. The fourth-order valence-corrected chi connectivity index (χ4v) is 11.5. The number of alkyl halides is 1. The smallest absolute Gasteiger partial charge is 0.307 e. The molecular weight excluding hydrogens is 1200 g/mol. The minimum atomic E-state index is -0.846. The van der Waals surface area contributed by atoms with E-state index in [0.29, 0.717) is 0 Å². The SMILES string of the molecule is CC#C[C@@H](CC(=O)O)c1ccc(OC2CCc3c(Br)cccc32)cc1.CC#C[C@@H](CC(=O)OC)c1ccc(O)cc1.CC#C[C@@H](CC(=O)OC)c1ccc(OC2CCc3c(Br)cccc32)cc1.ClC1CCc2c(Br)cccc21. The van der Waals surface area contributed by atoms with Crippen molar-refractivity contribution < 1.29 is 43.5 Å². The monoisotopic (exact) mass is 1260 g/mol. The zero-order valence-electron chi connectivity index (χ0n) is 44.2. The van der Waals surface area contributed by atoms with Crippen molar-refractivity contribution in [3.05, 3.63) is 191 Å². The summed E-state index contributed by atoms with van der Waals surface area (Å²) in [4.78, 5) is 33.8. The number of ether oxygens (including phenoxy) is 4. The number of carboxylic acids is 1. The summed E-state index contributed by atoms with van der Waals surface area (Å²) in [6, 6.07) is 40.9. The number of phenols is 1. The van der Waals surface area contributed by atoms with E-state index in [0.717, 1.165) is 75.7 Å². The van der Waals surface area contributed by atoms with Gasteiger partial charge in [0.2, 0.25) is 0 Å². The summed E-state index contributed by atoms with van der Waals surface area (Å²) in [6.07, 6.45) is 6.78. The molecular formula is C65H62Br3ClO9. The van der Waals surface area contributed by atoms with Gasteiger partial charge in [-0.05, 0) is 164 Å². The van der Waals surface area contributed by atoms with E-state index in [1.54, 1.807) is 45.0 Å². The van der Waals surface area contributed by atoms with E-state index >= 15 is 0 Å². The van der Waals surface area contributed by atoms with E-state index in [9.17, 15) is 14.4 Å². The molecule has 3 aliphatic carbocycles. The average Bonchev–Trinajstić information content (AvgIpc) is 4.22.